The maximum atomic E-state index is 14.4. The Kier molecular flexibility index (Phi) is 10.3. The predicted octanol–water partition coefficient (Wildman–Crippen LogP) is 4.33. The zero-order chi connectivity index (χ0) is 37.4. The topological polar surface area (TPSA) is 214 Å². The van der Waals surface area contributed by atoms with Crippen molar-refractivity contribution in [3.05, 3.63) is 47.9 Å². The smallest absolute Gasteiger partial charge is 0.408 e. The first-order chi connectivity index (χ1) is 24.5. The second kappa shape index (κ2) is 14.4. The first-order valence-electron chi connectivity index (χ1n) is 17.1. The quantitative estimate of drug-likeness (QED) is 0.205. The number of nitrogens with one attached hydrogen (secondary N) is 2. The lowest BCUT2D eigenvalue weighted by Gasteiger charge is -2.30. The minimum absolute atomic E-state index is 0.0295. The fourth-order valence-electron chi connectivity index (χ4n) is 6.59. The van der Waals surface area contributed by atoms with Gasteiger partial charge >= 0.3 is 12.1 Å². The number of alkyl carbamates (subject to hydrolysis) is 1. The second-order valence-corrected chi connectivity index (χ2v) is 16.7. The van der Waals surface area contributed by atoms with Gasteiger partial charge in [0.25, 0.3) is 10.1 Å². The number of aromatic nitrogens is 2. The van der Waals surface area contributed by atoms with E-state index in [1.54, 1.807) is 32.9 Å². The van der Waals surface area contributed by atoms with Crippen LogP contribution in [0.15, 0.2) is 52.8 Å². The van der Waals surface area contributed by atoms with Crippen LogP contribution in [-0.4, -0.2) is 92.7 Å². The van der Waals surface area contributed by atoms with Gasteiger partial charge in [-0.2, -0.15) is 8.42 Å². The summed E-state index contributed by atoms with van der Waals surface area (Å²) in [4.78, 5) is 64.6. The van der Waals surface area contributed by atoms with Gasteiger partial charge in [0.05, 0.1) is 27.4 Å². The van der Waals surface area contributed by atoms with E-state index in [4.69, 9.17) is 9.47 Å². The van der Waals surface area contributed by atoms with E-state index < -0.39 is 69.2 Å². The Bertz CT molecular complexity index is 2010. The number of carboxylic acid groups (broad SMARTS) is 1. The van der Waals surface area contributed by atoms with Crippen LogP contribution in [0, 0.1) is 5.92 Å². The van der Waals surface area contributed by atoms with E-state index in [1.807, 2.05) is 17.5 Å². The summed E-state index contributed by atoms with van der Waals surface area (Å²) in [5.74, 6) is -2.71. The highest BCUT2D eigenvalue weighted by atomic mass is 32.2. The third-order valence-electron chi connectivity index (χ3n) is 9.25. The monoisotopic (exact) mass is 755 g/mol. The molecule has 1 aliphatic carbocycles. The van der Waals surface area contributed by atoms with Crippen molar-refractivity contribution in [1.82, 2.24) is 25.5 Å². The Labute approximate surface area is 304 Å². The summed E-state index contributed by atoms with van der Waals surface area (Å²) < 4.78 is 45.1. The highest BCUT2D eigenvalue weighted by Crippen LogP contribution is 2.45. The Balaban J connectivity index is 1.35. The number of allylic oxidation sites excluding steroid dienone is 1. The van der Waals surface area contributed by atoms with Gasteiger partial charge in [-0.1, -0.05) is 31.1 Å². The third kappa shape index (κ3) is 8.21. The number of hydrogen-bond acceptors (Lipinski definition) is 11. The molecule has 1 aromatic carbocycles. The Morgan fingerprint density at radius 2 is 1.90 bits per heavy atom. The number of carbonyl (C=O) groups is 4. The molecule has 1 saturated heterocycles. The number of aliphatic carboxylic acids is 1. The van der Waals surface area contributed by atoms with Crippen molar-refractivity contribution in [1.29, 1.82) is 0 Å². The van der Waals surface area contributed by atoms with Crippen molar-refractivity contribution in [2.75, 3.05) is 6.54 Å². The van der Waals surface area contributed by atoms with Gasteiger partial charge in [-0.3, -0.25) is 14.1 Å². The van der Waals surface area contributed by atoms with E-state index in [2.05, 4.69) is 20.6 Å². The first-order valence-corrected chi connectivity index (χ1v) is 19.4. The number of carbonyl (C=O) groups excluding carboxylic acids is 3. The van der Waals surface area contributed by atoms with Crippen molar-refractivity contribution < 1.29 is 46.7 Å². The summed E-state index contributed by atoms with van der Waals surface area (Å²) in [5.41, 5.74) is -1.61. The fourth-order valence-corrected chi connectivity index (χ4v) is 7.80. The van der Waals surface area contributed by atoms with Gasteiger partial charge in [0, 0.05) is 12.3 Å². The maximum Gasteiger partial charge on any atom is 0.408 e. The van der Waals surface area contributed by atoms with Gasteiger partial charge in [0.1, 0.15) is 35.0 Å². The van der Waals surface area contributed by atoms with Gasteiger partial charge < -0.3 is 30.1 Å². The van der Waals surface area contributed by atoms with Gasteiger partial charge in [0.15, 0.2) is 0 Å². The number of rotatable bonds is 6. The van der Waals surface area contributed by atoms with Gasteiger partial charge in [-0.15, -0.1) is 11.3 Å². The SMILES string of the molecule is CC(C)(C)OC(=O)N[C@H]1CCCCC/C=C\C2CC2(C(=O)O)NC(=O)C2C[C@@H](Oc3nc4ccc(S(=O)(=O)O)cc4nc3-c3cccs3)CN2C1=O. The molecule has 4 heterocycles. The predicted molar refractivity (Wildman–Crippen MR) is 189 cm³/mol. The molecule has 0 spiro atoms. The van der Waals surface area contributed by atoms with E-state index >= 15 is 0 Å². The molecule has 2 fully saturated rings. The molecule has 17 heteroatoms. The lowest BCUT2D eigenvalue weighted by atomic mass is 10.0. The molecule has 15 nitrogen and oxygen atoms in total. The van der Waals surface area contributed by atoms with Crippen LogP contribution >= 0.6 is 11.3 Å². The lowest BCUT2D eigenvalue weighted by molar-refractivity contribution is -0.145. The molecule has 278 valence electrons. The summed E-state index contributed by atoms with van der Waals surface area (Å²) in [6, 6.07) is 5.14. The largest absolute Gasteiger partial charge is 0.479 e. The van der Waals surface area contributed by atoms with Crippen molar-refractivity contribution >= 4 is 56.4 Å². The molecule has 3 unspecified atom stereocenters. The van der Waals surface area contributed by atoms with Crippen LogP contribution in [0.5, 0.6) is 5.88 Å². The molecule has 5 atom stereocenters. The summed E-state index contributed by atoms with van der Waals surface area (Å²) in [5, 5.41) is 17.4. The van der Waals surface area contributed by atoms with Crippen molar-refractivity contribution in [2.24, 2.45) is 5.92 Å². The van der Waals surface area contributed by atoms with Crippen LogP contribution in [-0.2, 0) is 29.2 Å². The molecule has 0 bridgehead atoms. The molecule has 2 aliphatic heterocycles. The van der Waals surface area contributed by atoms with Crippen LogP contribution in [0.4, 0.5) is 4.79 Å². The molecule has 6 rings (SSSR count). The molecule has 3 aromatic rings. The fraction of sp³-hybridized carbons (Fsp3) is 0.486. The number of carboxylic acids is 1. The van der Waals surface area contributed by atoms with Crippen molar-refractivity contribution in [2.45, 2.75) is 99.9 Å². The highest BCUT2D eigenvalue weighted by molar-refractivity contribution is 7.85. The zero-order valence-electron chi connectivity index (χ0n) is 28.9. The minimum atomic E-state index is -4.51. The van der Waals surface area contributed by atoms with Gasteiger partial charge in [-0.05, 0) is 76.1 Å². The molecule has 3 amide bonds. The third-order valence-corrected chi connectivity index (χ3v) is 11.0. The first kappa shape index (κ1) is 37.2. The number of benzene rings is 1. The molecular formula is C35H41N5O10S2. The number of thiophene rings is 1. The molecule has 3 aliphatic rings. The number of hydrogen-bond donors (Lipinski definition) is 4. The number of amides is 3. The van der Waals surface area contributed by atoms with Crippen LogP contribution in [0.3, 0.4) is 0 Å². The van der Waals surface area contributed by atoms with Crippen molar-refractivity contribution in [3.63, 3.8) is 0 Å². The van der Waals surface area contributed by atoms with Crippen LogP contribution in [0.2, 0.25) is 0 Å². The molecule has 0 radical (unpaired) electrons. The number of ether oxygens (including phenoxy) is 2. The molecule has 1 saturated carbocycles. The number of nitrogens with zero attached hydrogens (tertiary/aromatic N) is 3. The lowest BCUT2D eigenvalue weighted by Crippen LogP contribution is -2.56. The van der Waals surface area contributed by atoms with E-state index in [0.29, 0.717) is 17.7 Å². The van der Waals surface area contributed by atoms with Gasteiger partial charge in [0.2, 0.25) is 17.7 Å². The summed E-state index contributed by atoms with van der Waals surface area (Å²) in [6.07, 6.45) is 5.47. The summed E-state index contributed by atoms with van der Waals surface area (Å²) >= 11 is 1.33. The molecule has 2 aromatic heterocycles. The van der Waals surface area contributed by atoms with Crippen molar-refractivity contribution in [3.8, 4) is 16.5 Å². The second-order valence-electron chi connectivity index (χ2n) is 14.3. The maximum absolute atomic E-state index is 14.4. The minimum Gasteiger partial charge on any atom is -0.479 e. The average Bonchev–Trinajstić information content (AvgIpc) is 3.37. The standard InChI is InChI=1S/C35H41N5O10S2/c1-34(2,3)50-33(45)38-24-11-8-6-4-5-7-10-20-18-35(20,32(43)44)39-29(41)26-16-21(19-40(26)31(24)42)49-30-28(27-12-9-15-51-27)36-25-17-22(52(46,47)48)13-14-23(25)37-30/h7,9-10,12-15,17,20-21,24,26H,4-6,8,11,16,18-19H2,1-3H3,(H,38,45)(H,39,41)(H,43,44)(H,46,47,48)/b10-7-/t20?,21-,24+,26?,35?/m1/s1. The molecular weight excluding hydrogens is 715 g/mol. The Hall–Kier alpha value is -4.61. The average molecular weight is 756 g/mol. The van der Waals surface area contributed by atoms with E-state index in [-0.39, 0.29) is 53.3 Å². The Morgan fingerprint density at radius 1 is 1.12 bits per heavy atom. The normalized spacial score (nSPS) is 26.3. The van der Waals surface area contributed by atoms with Crippen LogP contribution in [0.25, 0.3) is 21.6 Å². The number of fused-ring (bicyclic) bond motifs is 3. The van der Waals surface area contributed by atoms with Crippen LogP contribution < -0.4 is 15.4 Å². The molecule has 52 heavy (non-hydrogen) atoms. The van der Waals surface area contributed by atoms with E-state index in [0.717, 1.165) is 12.8 Å². The van der Waals surface area contributed by atoms with E-state index in [9.17, 15) is 37.3 Å². The zero-order valence-corrected chi connectivity index (χ0v) is 30.5. The summed E-state index contributed by atoms with van der Waals surface area (Å²) in [7, 11) is -4.51. The summed E-state index contributed by atoms with van der Waals surface area (Å²) in [6.45, 7) is 5.02. The van der Waals surface area contributed by atoms with Crippen LogP contribution in [0.1, 0.15) is 65.7 Å². The Morgan fingerprint density at radius 3 is 2.60 bits per heavy atom. The van der Waals surface area contributed by atoms with Gasteiger partial charge in [-0.25, -0.2) is 19.6 Å². The highest BCUT2D eigenvalue weighted by Gasteiger charge is 2.61. The molecule has 4 N–H and O–H groups in total. The van der Waals surface area contributed by atoms with E-state index in [1.165, 1.54) is 34.4 Å².